The van der Waals surface area contributed by atoms with Crippen molar-refractivity contribution in [2.24, 2.45) is 0 Å². The van der Waals surface area contributed by atoms with Crippen LogP contribution in [0.1, 0.15) is 12.8 Å². The minimum Gasteiger partial charge on any atom is -0.394 e. The summed E-state index contributed by atoms with van der Waals surface area (Å²) in [6.07, 6.45) is 1.72. The lowest BCUT2D eigenvalue weighted by molar-refractivity contribution is -0.108. The maximum absolute atomic E-state index is 9.80. The fourth-order valence-electron chi connectivity index (χ4n) is 0.538. The van der Waals surface area contributed by atoms with Gasteiger partial charge in [0.15, 0.2) is 0 Å². The van der Waals surface area contributed by atoms with Gasteiger partial charge in [0, 0.05) is 13.5 Å². The van der Waals surface area contributed by atoms with Gasteiger partial charge in [-0.2, -0.15) is 0 Å². The second-order valence-corrected chi connectivity index (χ2v) is 1.78. The largest absolute Gasteiger partial charge is 0.394 e. The topological polar surface area (TPSA) is 46.5 Å². The lowest BCUT2D eigenvalue weighted by Gasteiger charge is -2.08. The van der Waals surface area contributed by atoms with Gasteiger partial charge in [0.1, 0.15) is 6.29 Å². The zero-order chi connectivity index (χ0) is 7.11. The van der Waals surface area contributed by atoms with Crippen LogP contribution in [0.5, 0.6) is 0 Å². The highest BCUT2D eigenvalue weighted by molar-refractivity contribution is 5.49. The van der Waals surface area contributed by atoms with Crippen LogP contribution in [0.2, 0.25) is 0 Å². The molecular formula is C6H12O3. The van der Waals surface area contributed by atoms with Crippen LogP contribution >= 0.6 is 0 Å². The zero-order valence-electron chi connectivity index (χ0n) is 5.54. The smallest absolute Gasteiger partial charge is 0.120 e. The van der Waals surface area contributed by atoms with E-state index < -0.39 is 0 Å². The van der Waals surface area contributed by atoms with Crippen molar-refractivity contribution in [3.8, 4) is 0 Å². The minimum atomic E-state index is -0.171. The second kappa shape index (κ2) is 5.72. The first kappa shape index (κ1) is 8.59. The fourth-order valence-corrected chi connectivity index (χ4v) is 0.538. The molecule has 54 valence electrons. The van der Waals surface area contributed by atoms with E-state index in [1.165, 1.54) is 7.11 Å². The molecule has 0 saturated carbocycles. The molecule has 0 aromatic heterocycles. The number of aliphatic hydroxyl groups is 1. The summed E-state index contributed by atoms with van der Waals surface area (Å²) >= 11 is 0. The van der Waals surface area contributed by atoms with Crippen LogP contribution in [0, 0.1) is 0 Å². The Balaban J connectivity index is 3.19. The molecule has 0 saturated heterocycles. The summed E-state index contributed by atoms with van der Waals surface area (Å²) in [7, 11) is 1.52. The van der Waals surface area contributed by atoms with Crippen LogP contribution in [-0.2, 0) is 9.53 Å². The molecule has 9 heavy (non-hydrogen) atoms. The molecule has 0 aliphatic rings. The van der Waals surface area contributed by atoms with Crippen molar-refractivity contribution in [1.82, 2.24) is 0 Å². The van der Waals surface area contributed by atoms with Crippen LogP contribution in [-0.4, -0.2) is 31.2 Å². The number of ether oxygens (including phenoxy) is 1. The number of carbonyl (C=O) groups is 1. The summed E-state index contributed by atoms with van der Waals surface area (Å²) in [4.78, 5) is 9.80. The van der Waals surface area contributed by atoms with Crippen LogP contribution in [0.4, 0.5) is 0 Å². The number of aliphatic hydroxyl groups excluding tert-OH is 1. The summed E-state index contributed by atoms with van der Waals surface area (Å²) in [6, 6.07) is 0. The van der Waals surface area contributed by atoms with Gasteiger partial charge in [-0.3, -0.25) is 0 Å². The van der Waals surface area contributed by atoms with Crippen molar-refractivity contribution >= 4 is 6.29 Å². The van der Waals surface area contributed by atoms with Crippen LogP contribution < -0.4 is 0 Å². The van der Waals surface area contributed by atoms with Gasteiger partial charge in [-0.05, 0) is 6.42 Å². The van der Waals surface area contributed by atoms with Gasteiger partial charge in [0.05, 0.1) is 12.7 Å². The van der Waals surface area contributed by atoms with E-state index in [0.29, 0.717) is 12.8 Å². The number of aldehydes is 1. The Morgan fingerprint density at radius 2 is 2.44 bits per heavy atom. The first-order valence-electron chi connectivity index (χ1n) is 2.92. The van der Waals surface area contributed by atoms with Crippen LogP contribution in [0.15, 0.2) is 0 Å². The Hall–Kier alpha value is -0.410. The van der Waals surface area contributed by atoms with E-state index in [1.807, 2.05) is 0 Å². The van der Waals surface area contributed by atoms with Gasteiger partial charge >= 0.3 is 0 Å². The summed E-state index contributed by atoms with van der Waals surface area (Å²) in [5.74, 6) is 0. The predicted octanol–water partition coefficient (Wildman–Crippen LogP) is -0.0272. The lowest BCUT2D eigenvalue weighted by atomic mass is 10.2. The molecule has 3 heteroatoms. The molecule has 1 unspecified atom stereocenters. The third-order valence-electron chi connectivity index (χ3n) is 1.14. The van der Waals surface area contributed by atoms with E-state index in [0.717, 1.165) is 6.29 Å². The first-order valence-corrected chi connectivity index (χ1v) is 2.92. The predicted molar refractivity (Wildman–Crippen MR) is 33.2 cm³/mol. The molecule has 0 aliphatic carbocycles. The number of carbonyl (C=O) groups excluding carboxylic acids is 1. The van der Waals surface area contributed by atoms with Gasteiger partial charge in [0.2, 0.25) is 0 Å². The minimum absolute atomic E-state index is 0.00958. The van der Waals surface area contributed by atoms with Crippen LogP contribution in [0.3, 0.4) is 0 Å². The Labute approximate surface area is 54.6 Å². The summed E-state index contributed by atoms with van der Waals surface area (Å²) in [5, 5.41) is 8.51. The monoisotopic (exact) mass is 132 g/mol. The van der Waals surface area contributed by atoms with Crippen molar-refractivity contribution in [2.45, 2.75) is 18.9 Å². The molecule has 0 aliphatic heterocycles. The van der Waals surface area contributed by atoms with E-state index in [1.54, 1.807) is 0 Å². The standard InChI is InChI=1S/C6H12O3/c1-9-6(5-8)3-2-4-7/h4,6,8H,2-3,5H2,1H3. The molecule has 0 bridgehead atoms. The SMILES string of the molecule is COC(CO)CCC=O. The van der Waals surface area contributed by atoms with E-state index in [9.17, 15) is 4.79 Å². The van der Waals surface area contributed by atoms with E-state index in [-0.39, 0.29) is 12.7 Å². The highest BCUT2D eigenvalue weighted by atomic mass is 16.5. The molecule has 0 rings (SSSR count). The first-order chi connectivity index (χ1) is 4.35. The normalized spacial score (nSPS) is 13.1. The molecule has 3 nitrogen and oxygen atoms in total. The molecule has 0 spiro atoms. The number of methoxy groups -OCH3 is 1. The quantitative estimate of drug-likeness (QED) is 0.534. The average Bonchev–Trinajstić information content (AvgIpc) is 1.91. The van der Waals surface area contributed by atoms with Gasteiger partial charge in [-0.15, -0.1) is 0 Å². The maximum Gasteiger partial charge on any atom is 0.120 e. The van der Waals surface area contributed by atoms with Gasteiger partial charge < -0.3 is 14.6 Å². The van der Waals surface area contributed by atoms with E-state index in [2.05, 4.69) is 0 Å². The third-order valence-corrected chi connectivity index (χ3v) is 1.14. The Morgan fingerprint density at radius 3 is 2.78 bits per heavy atom. The molecule has 0 radical (unpaired) electrons. The lowest BCUT2D eigenvalue weighted by Crippen LogP contribution is -2.15. The number of hydrogen-bond donors (Lipinski definition) is 1. The molecule has 0 aromatic carbocycles. The van der Waals surface area contributed by atoms with Gasteiger partial charge in [-0.25, -0.2) is 0 Å². The Morgan fingerprint density at radius 1 is 1.78 bits per heavy atom. The summed E-state index contributed by atoms with van der Waals surface area (Å²) in [5.41, 5.74) is 0. The van der Waals surface area contributed by atoms with Crippen molar-refractivity contribution < 1.29 is 14.6 Å². The number of hydrogen-bond acceptors (Lipinski definition) is 3. The van der Waals surface area contributed by atoms with Gasteiger partial charge in [-0.1, -0.05) is 0 Å². The second-order valence-electron chi connectivity index (χ2n) is 1.78. The van der Waals surface area contributed by atoms with E-state index in [4.69, 9.17) is 9.84 Å². The average molecular weight is 132 g/mol. The summed E-state index contributed by atoms with van der Waals surface area (Å²) in [6.45, 7) is -0.00958. The third kappa shape index (κ3) is 4.12. The van der Waals surface area contributed by atoms with Crippen molar-refractivity contribution in [3.05, 3.63) is 0 Å². The number of rotatable bonds is 5. The highest BCUT2D eigenvalue weighted by Gasteiger charge is 2.02. The van der Waals surface area contributed by atoms with Crippen LogP contribution in [0.25, 0.3) is 0 Å². The van der Waals surface area contributed by atoms with Gasteiger partial charge in [0.25, 0.3) is 0 Å². The molecular weight excluding hydrogens is 120 g/mol. The maximum atomic E-state index is 9.80. The molecule has 1 N–H and O–H groups in total. The Bertz CT molecular complexity index is 68.7. The Kier molecular flexibility index (Phi) is 5.46. The van der Waals surface area contributed by atoms with Crippen molar-refractivity contribution in [2.75, 3.05) is 13.7 Å². The molecule has 0 heterocycles. The van der Waals surface area contributed by atoms with Crippen molar-refractivity contribution in [1.29, 1.82) is 0 Å². The highest BCUT2D eigenvalue weighted by Crippen LogP contribution is 1.96. The molecule has 1 atom stereocenters. The molecule has 0 amide bonds. The zero-order valence-corrected chi connectivity index (χ0v) is 5.54. The summed E-state index contributed by atoms with van der Waals surface area (Å²) < 4.78 is 4.79. The fraction of sp³-hybridized carbons (Fsp3) is 0.833. The van der Waals surface area contributed by atoms with E-state index >= 15 is 0 Å². The molecule has 0 fully saturated rings. The molecule has 0 aromatic rings. The van der Waals surface area contributed by atoms with Crippen molar-refractivity contribution in [3.63, 3.8) is 0 Å².